The molecule has 0 saturated heterocycles. The number of benzene rings is 1. The zero-order valence-electron chi connectivity index (χ0n) is 15.7. The average Bonchev–Trinajstić information content (AvgIpc) is 3.42. The fourth-order valence-electron chi connectivity index (χ4n) is 2.36. The molecule has 0 bridgehead atoms. The van der Waals surface area contributed by atoms with Crippen LogP contribution in [-0.2, 0) is 14.3 Å². The Bertz CT molecular complexity index is 794. The molecule has 1 aromatic carbocycles. The molecule has 0 unspecified atom stereocenters. The van der Waals surface area contributed by atoms with E-state index in [2.05, 4.69) is 10.6 Å². The second-order valence-electron chi connectivity index (χ2n) is 6.98. The molecule has 0 spiro atoms. The van der Waals surface area contributed by atoms with Gasteiger partial charge in [0.1, 0.15) is 11.1 Å². The van der Waals surface area contributed by atoms with Crippen molar-refractivity contribution < 1.29 is 24.0 Å². The summed E-state index contributed by atoms with van der Waals surface area (Å²) in [5.74, 6) is -2.17. The lowest BCUT2D eigenvalue weighted by Crippen LogP contribution is -2.47. The maximum atomic E-state index is 12.5. The minimum atomic E-state index is -1.03. The van der Waals surface area contributed by atoms with Crippen LogP contribution in [0.4, 0.5) is 5.69 Å². The fraction of sp³-hybridized carbons (Fsp3) is 0.500. The third-order valence-corrected chi connectivity index (χ3v) is 4.52. The van der Waals surface area contributed by atoms with Crippen LogP contribution < -0.4 is 10.6 Å². The van der Waals surface area contributed by atoms with Crippen molar-refractivity contribution >= 4 is 35.1 Å². The van der Waals surface area contributed by atoms with E-state index < -0.39 is 40.5 Å². The van der Waals surface area contributed by atoms with E-state index in [0.29, 0.717) is 0 Å². The second kappa shape index (κ2) is 9.01. The molecular weight excluding hydrogens is 390 g/mol. The minimum absolute atomic E-state index is 0.0194. The lowest BCUT2D eigenvalue weighted by Gasteiger charge is -2.23. The highest BCUT2D eigenvalue weighted by molar-refractivity contribution is 6.32. The summed E-state index contributed by atoms with van der Waals surface area (Å²) in [5.41, 5.74) is -0.433. The topological polar surface area (TPSA) is 128 Å². The molecule has 0 heterocycles. The van der Waals surface area contributed by atoms with Crippen LogP contribution in [0.15, 0.2) is 18.2 Å². The number of nitrogens with zero attached hydrogens (tertiary/aromatic N) is 1. The summed E-state index contributed by atoms with van der Waals surface area (Å²) < 4.78 is 5.19. The van der Waals surface area contributed by atoms with Gasteiger partial charge < -0.3 is 15.4 Å². The van der Waals surface area contributed by atoms with Crippen LogP contribution in [0.2, 0.25) is 5.02 Å². The van der Waals surface area contributed by atoms with Crippen molar-refractivity contribution in [2.24, 2.45) is 5.92 Å². The van der Waals surface area contributed by atoms with Crippen molar-refractivity contribution in [2.75, 3.05) is 0 Å². The van der Waals surface area contributed by atoms with Gasteiger partial charge in [-0.25, -0.2) is 4.79 Å². The zero-order chi connectivity index (χ0) is 21.0. The van der Waals surface area contributed by atoms with Crippen LogP contribution in [0.1, 0.15) is 44.0 Å². The van der Waals surface area contributed by atoms with Crippen molar-refractivity contribution in [2.45, 2.75) is 51.8 Å². The summed E-state index contributed by atoms with van der Waals surface area (Å²) in [6, 6.07) is 2.70. The lowest BCUT2D eigenvalue weighted by molar-refractivity contribution is -0.384. The Morgan fingerprint density at radius 3 is 2.43 bits per heavy atom. The van der Waals surface area contributed by atoms with E-state index >= 15 is 0 Å². The largest absolute Gasteiger partial charge is 0.451 e. The van der Waals surface area contributed by atoms with Crippen LogP contribution in [0, 0.1) is 16.0 Å². The van der Waals surface area contributed by atoms with Crippen molar-refractivity contribution in [1.82, 2.24) is 10.6 Å². The van der Waals surface area contributed by atoms with E-state index in [4.69, 9.17) is 16.3 Å². The molecule has 2 amide bonds. The first-order valence-corrected chi connectivity index (χ1v) is 9.23. The second-order valence-corrected chi connectivity index (χ2v) is 7.39. The Kier molecular flexibility index (Phi) is 6.95. The normalized spacial score (nSPS) is 15.5. The number of amides is 2. The molecule has 1 fully saturated rings. The molecule has 28 heavy (non-hydrogen) atoms. The van der Waals surface area contributed by atoms with Crippen LogP contribution in [-0.4, -0.2) is 40.9 Å². The number of esters is 1. The van der Waals surface area contributed by atoms with Crippen LogP contribution >= 0.6 is 11.6 Å². The number of rotatable bonds is 8. The van der Waals surface area contributed by atoms with Gasteiger partial charge >= 0.3 is 5.97 Å². The number of nitrogens with one attached hydrogen (secondary N) is 2. The molecule has 1 aliphatic carbocycles. The molecule has 1 saturated carbocycles. The monoisotopic (exact) mass is 411 g/mol. The van der Waals surface area contributed by atoms with Crippen LogP contribution in [0.3, 0.4) is 0 Å². The molecule has 10 heteroatoms. The molecule has 1 aromatic rings. The standard InChI is InChI=1S/C18H22ClN3O6/c1-9(2)15(18(25)28-10(3)16(23)20-12-5-6-12)21-17(24)11-4-7-13(19)14(8-11)22(26)27/h4,7-10,12,15H,5-6H2,1-3H3,(H,20,23)(H,21,24)/t10-,15-/m1/s1. The molecule has 2 rings (SSSR count). The highest BCUT2D eigenvalue weighted by atomic mass is 35.5. The molecule has 0 radical (unpaired) electrons. The van der Waals surface area contributed by atoms with Crippen molar-refractivity contribution in [3.63, 3.8) is 0 Å². The summed E-state index contributed by atoms with van der Waals surface area (Å²) >= 11 is 5.74. The number of nitro groups is 1. The number of carbonyl (C=O) groups is 3. The number of halogens is 1. The first-order chi connectivity index (χ1) is 13.1. The lowest BCUT2D eigenvalue weighted by atomic mass is 10.0. The van der Waals surface area contributed by atoms with Gasteiger partial charge in [0.2, 0.25) is 0 Å². The van der Waals surface area contributed by atoms with Gasteiger partial charge in [-0.3, -0.25) is 19.7 Å². The van der Waals surface area contributed by atoms with Gasteiger partial charge in [0, 0.05) is 17.7 Å². The summed E-state index contributed by atoms with van der Waals surface area (Å²) in [5, 5.41) is 16.1. The quantitative estimate of drug-likeness (QED) is 0.383. The number of carbonyl (C=O) groups excluding carboxylic acids is 3. The van der Waals surface area contributed by atoms with Crippen LogP contribution in [0.25, 0.3) is 0 Å². The fourth-order valence-corrected chi connectivity index (χ4v) is 2.55. The predicted octanol–water partition coefficient (Wildman–Crippen LogP) is 2.21. The maximum Gasteiger partial charge on any atom is 0.329 e. The van der Waals surface area contributed by atoms with Gasteiger partial charge in [0.05, 0.1) is 4.92 Å². The molecule has 2 N–H and O–H groups in total. The average molecular weight is 412 g/mol. The van der Waals surface area contributed by atoms with Gasteiger partial charge in [0.15, 0.2) is 6.10 Å². The predicted molar refractivity (Wildman–Crippen MR) is 101 cm³/mol. The summed E-state index contributed by atoms with van der Waals surface area (Å²) in [4.78, 5) is 47.1. The van der Waals surface area contributed by atoms with Gasteiger partial charge in [-0.15, -0.1) is 0 Å². The first kappa shape index (κ1) is 21.6. The molecule has 152 valence electrons. The third-order valence-electron chi connectivity index (χ3n) is 4.20. The molecular formula is C18H22ClN3O6. The van der Waals surface area contributed by atoms with Crippen molar-refractivity contribution in [3.05, 3.63) is 38.9 Å². The van der Waals surface area contributed by atoms with Crippen molar-refractivity contribution in [3.8, 4) is 0 Å². The Morgan fingerprint density at radius 1 is 1.25 bits per heavy atom. The van der Waals surface area contributed by atoms with E-state index in [-0.39, 0.29) is 22.5 Å². The molecule has 2 atom stereocenters. The van der Waals surface area contributed by atoms with Gasteiger partial charge in [0.25, 0.3) is 17.5 Å². The Hall–Kier alpha value is -2.68. The molecule has 0 aliphatic heterocycles. The van der Waals surface area contributed by atoms with Gasteiger partial charge in [-0.2, -0.15) is 0 Å². The highest BCUT2D eigenvalue weighted by Gasteiger charge is 2.31. The smallest absolute Gasteiger partial charge is 0.329 e. The number of hydrogen-bond donors (Lipinski definition) is 2. The SMILES string of the molecule is CC(C)[C@@H](NC(=O)c1ccc(Cl)c([N+](=O)[O-])c1)C(=O)O[C@H](C)C(=O)NC1CC1. The van der Waals surface area contributed by atoms with E-state index in [1.165, 1.54) is 19.1 Å². The van der Waals surface area contributed by atoms with E-state index in [1.54, 1.807) is 13.8 Å². The number of ether oxygens (including phenoxy) is 1. The first-order valence-electron chi connectivity index (χ1n) is 8.85. The summed E-state index contributed by atoms with van der Waals surface area (Å²) in [6.45, 7) is 4.86. The van der Waals surface area contributed by atoms with Crippen LogP contribution in [0.5, 0.6) is 0 Å². The Balaban J connectivity index is 2.05. The Morgan fingerprint density at radius 2 is 1.89 bits per heavy atom. The van der Waals surface area contributed by atoms with E-state index in [0.717, 1.165) is 18.9 Å². The number of hydrogen-bond acceptors (Lipinski definition) is 6. The minimum Gasteiger partial charge on any atom is -0.451 e. The van der Waals surface area contributed by atoms with E-state index in [9.17, 15) is 24.5 Å². The van der Waals surface area contributed by atoms with Crippen molar-refractivity contribution in [1.29, 1.82) is 0 Å². The molecule has 0 aromatic heterocycles. The Labute approximate surface area is 166 Å². The third kappa shape index (κ3) is 5.66. The van der Waals surface area contributed by atoms with E-state index in [1.807, 2.05) is 0 Å². The zero-order valence-corrected chi connectivity index (χ0v) is 16.5. The summed E-state index contributed by atoms with van der Waals surface area (Å²) in [7, 11) is 0. The molecule has 1 aliphatic rings. The molecule has 9 nitrogen and oxygen atoms in total. The maximum absolute atomic E-state index is 12.5. The summed E-state index contributed by atoms with van der Waals surface area (Å²) in [6.07, 6.45) is 0.817. The highest BCUT2D eigenvalue weighted by Crippen LogP contribution is 2.25. The number of nitro benzene ring substituents is 1. The van der Waals surface area contributed by atoms with Gasteiger partial charge in [-0.1, -0.05) is 25.4 Å². The van der Waals surface area contributed by atoms with Gasteiger partial charge in [-0.05, 0) is 37.8 Å².